The number of amides is 1. The van der Waals surface area contributed by atoms with Gasteiger partial charge in [0.15, 0.2) is 0 Å². The van der Waals surface area contributed by atoms with Crippen LogP contribution in [0.2, 0.25) is 0 Å². The summed E-state index contributed by atoms with van der Waals surface area (Å²) in [4.78, 5) is 11.3. The molecule has 0 aliphatic heterocycles. The predicted molar refractivity (Wildman–Crippen MR) is 70.9 cm³/mol. The molecule has 0 aliphatic carbocycles. The molecule has 0 saturated heterocycles. The number of rotatable bonds is 5. The topological polar surface area (TPSA) is 41.1 Å². The fraction of sp³-hybridized carbons (Fsp3) is 0.364. The molecule has 1 amide bonds. The summed E-state index contributed by atoms with van der Waals surface area (Å²) in [5, 5.41) is 5.72. The Labute approximate surface area is 108 Å². The lowest BCUT2D eigenvalue weighted by atomic mass is 10.3. The highest BCUT2D eigenvalue weighted by Gasteiger charge is 2.03. The van der Waals surface area contributed by atoms with Crippen LogP contribution in [0.15, 0.2) is 18.2 Å². The second kappa shape index (κ2) is 6.67. The van der Waals surface area contributed by atoms with Crippen molar-refractivity contribution in [1.29, 1.82) is 0 Å². The minimum atomic E-state index is -0.273. The van der Waals surface area contributed by atoms with Crippen LogP contribution in [0.25, 0.3) is 0 Å². The molecule has 0 fully saturated rings. The Morgan fingerprint density at radius 3 is 2.88 bits per heavy atom. The SMILES string of the molecule is CCCNC(=O)CNc1ccc(F)cc1I. The summed E-state index contributed by atoms with van der Waals surface area (Å²) in [5.41, 5.74) is 0.772. The Hall–Kier alpha value is -0.850. The van der Waals surface area contributed by atoms with E-state index in [1.807, 2.05) is 29.5 Å². The summed E-state index contributed by atoms with van der Waals surface area (Å²) in [5.74, 6) is -0.327. The maximum Gasteiger partial charge on any atom is 0.239 e. The number of hydrogen-bond acceptors (Lipinski definition) is 2. The molecule has 0 saturated carbocycles. The molecule has 0 bridgehead atoms. The van der Waals surface area contributed by atoms with Crippen molar-refractivity contribution in [2.24, 2.45) is 0 Å². The highest BCUT2D eigenvalue weighted by atomic mass is 127. The molecule has 0 aliphatic rings. The number of hydrogen-bond donors (Lipinski definition) is 2. The van der Waals surface area contributed by atoms with Gasteiger partial charge in [-0.1, -0.05) is 6.92 Å². The molecule has 16 heavy (non-hydrogen) atoms. The third kappa shape index (κ3) is 4.34. The van der Waals surface area contributed by atoms with Gasteiger partial charge in [-0.25, -0.2) is 4.39 Å². The first kappa shape index (κ1) is 13.2. The fourth-order valence-corrected chi connectivity index (χ4v) is 1.80. The summed E-state index contributed by atoms with van der Waals surface area (Å²) in [6.45, 7) is 2.89. The van der Waals surface area contributed by atoms with Gasteiger partial charge in [0.1, 0.15) is 5.82 Å². The van der Waals surface area contributed by atoms with Crippen LogP contribution >= 0.6 is 22.6 Å². The van der Waals surface area contributed by atoms with E-state index in [1.165, 1.54) is 12.1 Å². The summed E-state index contributed by atoms with van der Waals surface area (Å²) in [7, 11) is 0. The van der Waals surface area contributed by atoms with Gasteiger partial charge < -0.3 is 10.6 Å². The molecule has 0 heterocycles. The van der Waals surface area contributed by atoms with Crippen LogP contribution in [-0.2, 0) is 4.79 Å². The maximum absolute atomic E-state index is 12.8. The van der Waals surface area contributed by atoms with Crippen molar-refractivity contribution in [3.05, 3.63) is 27.6 Å². The number of carbonyl (C=O) groups is 1. The normalized spacial score (nSPS) is 9.94. The Kier molecular flexibility index (Phi) is 5.51. The lowest BCUT2D eigenvalue weighted by molar-refractivity contribution is -0.119. The van der Waals surface area contributed by atoms with Crippen molar-refractivity contribution in [2.45, 2.75) is 13.3 Å². The third-order valence-electron chi connectivity index (χ3n) is 1.94. The smallest absolute Gasteiger partial charge is 0.239 e. The molecule has 1 rings (SSSR count). The lowest BCUT2D eigenvalue weighted by Gasteiger charge is -2.08. The van der Waals surface area contributed by atoms with Gasteiger partial charge in [-0.3, -0.25) is 4.79 Å². The highest BCUT2D eigenvalue weighted by molar-refractivity contribution is 14.1. The summed E-state index contributed by atoms with van der Waals surface area (Å²) in [6.07, 6.45) is 0.916. The van der Waals surface area contributed by atoms with Gasteiger partial charge >= 0.3 is 0 Å². The van der Waals surface area contributed by atoms with E-state index in [9.17, 15) is 9.18 Å². The molecule has 0 unspecified atom stereocenters. The van der Waals surface area contributed by atoms with Crippen LogP contribution in [0.4, 0.5) is 10.1 Å². The second-order valence-corrected chi connectivity index (χ2v) is 4.49. The average Bonchev–Trinajstić information content (AvgIpc) is 2.25. The molecule has 0 atom stereocenters. The van der Waals surface area contributed by atoms with Gasteiger partial charge in [-0.05, 0) is 47.2 Å². The minimum Gasteiger partial charge on any atom is -0.375 e. The number of benzene rings is 1. The zero-order valence-electron chi connectivity index (χ0n) is 9.02. The Morgan fingerprint density at radius 1 is 1.50 bits per heavy atom. The van der Waals surface area contributed by atoms with Crippen LogP contribution < -0.4 is 10.6 Å². The zero-order chi connectivity index (χ0) is 12.0. The van der Waals surface area contributed by atoms with Crippen molar-refractivity contribution < 1.29 is 9.18 Å². The lowest BCUT2D eigenvalue weighted by Crippen LogP contribution is -2.30. The number of anilines is 1. The molecule has 0 radical (unpaired) electrons. The van der Waals surface area contributed by atoms with E-state index < -0.39 is 0 Å². The van der Waals surface area contributed by atoms with E-state index in [0.29, 0.717) is 6.54 Å². The van der Waals surface area contributed by atoms with Crippen molar-refractivity contribution >= 4 is 34.2 Å². The highest BCUT2D eigenvalue weighted by Crippen LogP contribution is 2.18. The standard InChI is InChI=1S/C11H14FIN2O/c1-2-5-14-11(16)7-15-10-4-3-8(12)6-9(10)13/h3-4,6,15H,2,5,7H2,1H3,(H,14,16). The van der Waals surface area contributed by atoms with E-state index in [0.717, 1.165) is 15.7 Å². The average molecular weight is 336 g/mol. The predicted octanol–water partition coefficient (Wildman–Crippen LogP) is 2.37. The first-order valence-electron chi connectivity index (χ1n) is 5.09. The van der Waals surface area contributed by atoms with Crippen molar-refractivity contribution in [3.8, 4) is 0 Å². The van der Waals surface area contributed by atoms with Gasteiger partial charge in [-0.15, -0.1) is 0 Å². The van der Waals surface area contributed by atoms with Crippen LogP contribution in [0, 0.1) is 9.39 Å². The Morgan fingerprint density at radius 2 is 2.25 bits per heavy atom. The molecular formula is C11H14FIN2O. The number of carbonyl (C=O) groups excluding carboxylic acids is 1. The zero-order valence-corrected chi connectivity index (χ0v) is 11.2. The fourth-order valence-electron chi connectivity index (χ4n) is 1.14. The summed E-state index contributed by atoms with van der Waals surface area (Å²) >= 11 is 2.03. The molecule has 88 valence electrons. The van der Waals surface area contributed by atoms with Gasteiger partial charge in [0.25, 0.3) is 0 Å². The molecule has 2 N–H and O–H groups in total. The van der Waals surface area contributed by atoms with E-state index in [2.05, 4.69) is 10.6 Å². The Balaban J connectivity index is 2.45. The molecule has 5 heteroatoms. The first-order chi connectivity index (χ1) is 7.63. The van der Waals surface area contributed by atoms with Crippen LogP contribution in [0.5, 0.6) is 0 Å². The third-order valence-corrected chi connectivity index (χ3v) is 2.84. The number of nitrogens with one attached hydrogen (secondary N) is 2. The molecular weight excluding hydrogens is 322 g/mol. The first-order valence-corrected chi connectivity index (χ1v) is 6.17. The summed E-state index contributed by atoms with van der Waals surface area (Å²) < 4.78 is 13.6. The van der Waals surface area contributed by atoms with Crippen molar-refractivity contribution in [3.63, 3.8) is 0 Å². The molecule has 1 aromatic carbocycles. The van der Waals surface area contributed by atoms with Crippen molar-refractivity contribution in [1.82, 2.24) is 5.32 Å². The van der Waals surface area contributed by atoms with Gasteiger partial charge in [0, 0.05) is 15.8 Å². The van der Waals surface area contributed by atoms with Gasteiger partial charge in [0.05, 0.1) is 6.54 Å². The van der Waals surface area contributed by atoms with Gasteiger partial charge in [0.2, 0.25) is 5.91 Å². The summed E-state index contributed by atoms with van der Waals surface area (Å²) in [6, 6.07) is 4.42. The largest absolute Gasteiger partial charge is 0.375 e. The van der Waals surface area contributed by atoms with Crippen molar-refractivity contribution in [2.75, 3.05) is 18.4 Å². The van der Waals surface area contributed by atoms with E-state index >= 15 is 0 Å². The Bertz CT molecular complexity index is 371. The van der Waals surface area contributed by atoms with Gasteiger partial charge in [-0.2, -0.15) is 0 Å². The molecule has 3 nitrogen and oxygen atoms in total. The molecule has 1 aromatic rings. The minimum absolute atomic E-state index is 0.0537. The monoisotopic (exact) mass is 336 g/mol. The molecule has 0 spiro atoms. The van der Waals surface area contributed by atoms with Crippen LogP contribution in [0.3, 0.4) is 0 Å². The van der Waals surface area contributed by atoms with Crippen LogP contribution in [0.1, 0.15) is 13.3 Å². The number of halogens is 2. The van der Waals surface area contributed by atoms with E-state index in [4.69, 9.17) is 0 Å². The van der Waals surface area contributed by atoms with Crippen LogP contribution in [-0.4, -0.2) is 19.0 Å². The second-order valence-electron chi connectivity index (χ2n) is 3.33. The molecule has 0 aromatic heterocycles. The van der Waals surface area contributed by atoms with E-state index in [-0.39, 0.29) is 18.3 Å². The quantitative estimate of drug-likeness (QED) is 0.811. The van der Waals surface area contributed by atoms with E-state index in [1.54, 1.807) is 6.07 Å². The maximum atomic E-state index is 12.8.